The lowest BCUT2D eigenvalue weighted by atomic mass is 10.0. The van der Waals surface area contributed by atoms with Gasteiger partial charge in [-0.25, -0.2) is 0 Å². The zero-order chi connectivity index (χ0) is 12.0. The van der Waals surface area contributed by atoms with Gasteiger partial charge in [0.05, 0.1) is 7.11 Å². The Morgan fingerprint density at radius 3 is 2.62 bits per heavy atom. The molecule has 0 bridgehead atoms. The van der Waals surface area contributed by atoms with E-state index in [-0.39, 0.29) is 0 Å². The molecule has 0 saturated heterocycles. The number of aryl methyl sites for hydroxylation is 1. The summed E-state index contributed by atoms with van der Waals surface area (Å²) < 4.78 is 5.36. The third-order valence-corrected chi connectivity index (χ3v) is 2.88. The van der Waals surface area contributed by atoms with E-state index in [1.165, 1.54) is 17.5 Å². The van der Waals surface area contributed by atoms with Crippen molar-refractivity contribution < 1.29 is 4.74 Å². The van der Waals surface area contributed by atoms with Crippen molar-refractivity contribution in [1.82, 2.24) is 5.32 Å². The molecule has 0 aliphatic heterocycles. The summed E-state index contributed by atoms with van der Waals surface area (Å²) in [6.45, 7) is 7.53. The molecule has 16 heavy (non-hydrogen) atoms. The second-order valence-corrected chi connectivity index (χ2v) is 4.14. The molecule has 0 fully saturated rings. The van der Waals surface area contributed by atoms with Crippen molar-refractivity contribution in [2.75, 3.05) is 13.7 Å². The smallest absolute Gasteiger partial charge is 0.122 e. The summed E-state index contributed by atoms with van der Waals surface area (Å²) in [7, 11) is 1.73. The minimum absolute atomic E-state index is 0.439. The van der Waals surface area contributed by atoms with Gasteiger partial charge in [0.25, 0.3) is 0 Å². The molecule has 1 aromatic rings. The third kappa shape index (κ3) is 3.24. The highest BCUT2D eigenvalue weighted by Gasteiger charge is 2.09. The van der Waals surface area contributed by atoms with Gasteiger partial charge in [0, 0.05) is 6.04 Å². The molecule has 2 nitrogen and oxygen atoms in total. The fourth-order valence-corrected chi connectivity index (χ4v) is 1.87. The average Bonchev–Trinajstić information content (AvgIpc) is 2.32. The van der Waals surface area contributed by atoms with Gasteiger partial charge >= 0.3 is 0 Å². The third-order valence-electron chi connectivity index (χ3n) is 2.88. The summed E-state index contributed by atoms with van der Waals surface area (Å²) >= 11 is 0. The van der Waals surface area contributed by atoms with Crippen LogP contribution in [-0.4, -0.2) is 13.7 Å². The summed E-state index contributed by atoms with van der Waals surface area (Å²) in [5, 5.41) is 3.55. The molecule has 0 aliphatic carbocycles. The highest BCUT2D eigenvalue weighted by atomic mass is 16.5. The Bertz CT molecular complexity index is 323. The van der Waals surface area contributed by atoms with Crippen molar-refractivity contribution in [3.8, 4) is 5.75 Å². The Kier molecular flexibility index (Phi) is 5.33. The zero-order valence-electron chi connectivity index (χ0n) is 10.8. The van der Waals surface area contributed by atoms with Crippen LogP contribution in [0.2, 0.25) is 0 Å². The molecular formula is C14H23NO. The van der Waals surface area contributed by atoms with Gasteiger partial charge in [-0.15, -0.1) is 0 Å². The standard InChI is InChI=1S/C14H23NO/c1-5-9-15-13(6-2)12-8-7-11(3)14(10-12)16-4/h7-8,10,13,15H,5-6,9H2,1-4H3. The van der Waals surface area contributed by atoms with Crippen LogP contribution in [0, 0.1) is 6.92 Å². The van der Waals surface area contributed by atoms with Crippen molar-refractivity contribution in [2.45, 2.75) is 39.7 Å². The number of nitrogens with one attached hydrogen (secondary N) is 1. The Morgan fingerprint density at radius 1 is 1.31 bits per heavy atom. The first-order chi connectivity index (χ1) is 7.72. The molecular weight excluding hydrogens is 198 g/mol. The van der Waals surface area contributed by atoms with E-state index in [1.807, 2.05) is 0 Å². The van der Waals surface area contributed by atoms with E-state index >= 15 is 0 Å². The van der Waals surface area contributed by atoms with Gasteiger partial charge in [-0.3, -0.25) is 0 Å². The number of hydrogen-bond acceptors (Lipinski definition) is 2. The van der Waals surface area contributed by atoms with Gasteiger partial charge < -0.3 is 10.1 Å². The largest absolute Gasteiger partial charge is 0.496 e. The predicted molar refractivity (Wildman–Crippen MR) is 69.1 cm³/mol. The quantitative estimate of drug-likeness (QED) is 0.794. The van der Waals surface area contributed by atoms with Crippen molar-refractivity contribution in [3.05, 3.63) is 29.3 Å². The van der Waals surface area contributed by atoms with Crippen LogP contribution in [0.5, 0.6) is 5.75 Å². The molecule has 90 valence electrons. The zero-order valence-corrected chi connectivity index (χ0v) is 10.8. The molecule has 0 aliphatic rings. The lowest BCUT2D eigenvalue weighted by Crippen LogP contribution is -2.21. The molecule has 0 spiro atoms. The minimum Gasteiger partial charge on any atom is -0.496 e. The Balaban J connectivity index is 2.83. The van der Waals surface area contributed by atoms with Crippen molar-refractivity contribution in [2.24, 2.45) is 0 Å². The molecule has 0 heterocycles. The first kappa shape index (κ1) is 13.0. The molecule has 0 aromatic heterocycles. The molecule has 1 unspecified atom stereocenters. The van der Waals surface area contributed by atoms with Gasteiger partial charge in [0.2, 0.25) is 0 Å². The molecule has 1 atom stereocenters. The Morgan fingerprint density at radius 2 is 2.06 bits per heavy atom. The molecule has 0 saturated carbocycles. The summed E-state index contributed by atoms with van der Waals surface area (Å²) in [5.41, 5.74) is 2.51. The highest BCUT2D eigenvalue weighted by molar-refractivity contribution is 5.37. The summed E-state index contributed by atoms with van der Waals surface area (Å²) in [4.78, 5) is 0. The molecule has 1 rings (SSSR count). The molecule has 1 aromatic carbocycles. The van der Waals surface area contributed by atoms with Crippen molar-refractivity contribution in [3.63, 3.8) is 0 Å². The lowest BCUT2D eigenvalue weighted by molar-refractivity contribution is 0.409. The van der Waals surface area contributed by atoms with Crippen molar-refractivity contribution >= 4 is 0 Å². The van der Waals surface area contributed by atoms with Crippen molar-refractivity contribution in [1.29, 1.82) is 0 Å². The van der Waals surface area contributed by atoms with Gasteiger partial charge in [-0.2, -0.15) is 0 Å². The summed E-state index contributed by atoms with van der Waals surface area (Å²) in [5.74, 6) is 0.981. The van der Waals surface area contributed by atoms with Crippen LogP contribution in [0.1, 0.15) is 43.9 Å². The SMILES string of the molecule is CCCNC(CC)c1ccc(C)c(OC)c1. The highest BCUT2D eigenvalue weighted by Crippen LogP contribution is 2.24. The van der Waals surface area contributed by atoms with Crippen LogP contribution in [-0.2, 0) is 0 Å². The fraction of sp³-hybridized carbons (Fsp3) is 0.571. The maximum atomic E-state index is 5.36. The second kappa shape index (κ2) is 6.54. The maximum Gasteiger partial charge on any atom is 0.122 e. The fourth-order valence-electron chi connectivity index (χ4n) is 1.87. The van der Waals surface area contributed by atoms with Crippen LogP contribution in [0.15, 0.2) is 18.2 Å². The molecule has 1 N–H and O–H groups in total. The first-order valence-corrected chi connectivity index (χ1v) is 6.10. The Hall–Kier alpha value is -1.02. The van der Waals surface area contributed by atoms with E-state index < -0.39 is 0 Å². The number of benzene rings is 1. The van der Waals surface area contributed by atoms with Gasteiger partial charge in [-0.05, 0) is 43.5 Å². The van der Waals surface area contributed by atoms with E-state index in [4.69, 9.17) is 4.74 Å². The molecule has 0 radical (unpaired) electrons. The minimum atomic E-state index is 0.439. The van der Waals surface area contributed by atoms with E-state index in [0.717, 1.165) is 18.7 Å². The number of methoxy groups -OCH3 is 1. The number of ether oxygens (including phenoxy) is 1. The lowest BCUT2D eigenvalue weighted by Gasteiger charge is -2.18. The van der Waals surface area contributed by atoms with E-state index in [2.05, 4.69) is 44.3 Å². The van der Waals surface area contributed by atoms with Crippen LogP contribution in [0.25, 0.3) is 0 Å². The van der Waals surface area contributed by atoms with E-state index in [1.54, 1.807) is 7.11 Å². The normalized spacial score (nSPS) is 12.5. The summed E-state index contributed by atoms with van der Waals surface area (Å²) in [6, 6.07) is 6.90. The van der Waals surface area contributed by atoms with E-state index in [0.29, 0.717) is 6.04 Å². The monoisotopic (exact) mass is 221 g/mol. The van der Waals surface area contributed by atoms with Gasteiger partial charge in [0.15, 0.2) is 0 Å². The first-order valence-electron chi connectivity index (χ1n) is 6.10. The van der Waals surface area contributed by atoms with Gasteiger partial charge in [-0.1, -0.05) is 26.0 Å². The van der Waals surface area contributed by atoms with Gasteiger partial charge in [0.1, 0.15) is 5.75 Å². The van der Waals surface area contributed by atoms with Crippen LogP contribution in [0.3, 0.4) is 0 Å². The van der Waals surface area contributed by atoms with Crippen LogP contribution < -0.4 is 10.1 Å². The average molecular weight is 221 g/mol. The predicted octanol–water partition coefficient (Wildman–Crippen LogP) is 3.45. The summed E-state index contributed by atoms with van der Waals surface area (Å²) in [6.07, 6.45) is 2.27. The van der Waals surface area contributed by atoms with Crippen LogP contribution >= 0.6 is 0 Å². The topological polar surface area (TPSA) is 21.3 Å². The van der Waals surface area contributed by atoms with Crippen LogP contribution in [0.4, 0.5) is 0 Å². The maximum absolute atomic E-state index is 5.36. The Labute approximate surface area is 99.0 Å². The molecule has 2 heteroatoms. The number of rotatable bonds is 6. The number of hydrogen-bond donors (Lipinski definition) is 1. The second-order valence-electron chi connectivity index (χ2n) is 4.14. The van der Waals surface area contributed by atoms with E-state index in [9.17, 15) is 0 Å². The molecule has 0 amide bonds.